The summed E-state index contributed by atoms with van der Waals surface area (Å²) in [6.45, 7) is 0. The van der Waals surface area contributed by atoms with Crippen molar-refractivity contribution in [3.05, 3.63) is 40.4 Å². The van der Waals surface area contributed by atoms with Crippen LogP contribution in [-0.2, 0) is 0 Å². The lowest BCUT2D eigenvalue weighted by atomic mass is 10.0. The van der Waals surface area contributed by atoms with Crippen LogP contribution in [-0.4, -0.2) is 9.38 Å². The largest absolute Gasteiger partial charge is 0.398 e. The molecular weight excluding hydrogens is 214 g/mol. The normalized spacial score (nSPS) is 16.7. The highest BCUT2D eigenvalue weighted by Crippen LogP contribution is 2.32. The van der Waals surface area contributed by atoms with Crippen molar-refractivity contribution in [3.8, 4) is 0 Å². The summed E-state index contributed by atoms with van der Waals surface area (Å²) in [5, 5.41) is 0. The highest BCUT2D eigenvalue weighted by molar-refractivity contribution is 5.47. The number of hydrogen-bond acceptors (Lipinski definition) is 3. The molecule has 88 valence electrons. The van der Waals surface area contributed by atoms with Gasteiger partial charge >= 0.3 is 0 Å². The number of fused-ring (bicyclic) bond motifs is 1. The summed E-state index contributed by atoms with van der Waals surface area (Å²) >= 11 is 0. The van der Waals surface area contributed by atoms with Crippen LogP contribution in [0.2, 0.25) is 0 Å². The van der Waals surface area contributed by atoms with Crippen LogP contribution in [0, 0.1) is 0 Å². The molecule has 0 aliphatic heterocycles. The van der Waals surface area contributed by atoms with E-state index in [0.717, 1.165) is 18.5 Å². The Hall–Kier alpha value is -1.84. The average Bonchev–Trinajstić information content (AvgIpc) is 2.83. The molecule has 0 atom stereocenters. The number of anilines is 1. The van der Waals surface area contributed by atoms with E-state index in [-0.39, 0.29) is 5.56 Å². The van der Waals surface area contributed by atoms with Crippen LogP contribution in [0.3, 0.4) is 0 Å². The number of nitrogens with zero attached hydrogens (tertiary/aromatic N) is 2. The Morgan fingerprint density at radius 1 is 1.29 bits per heavy atom. The first-order valence-electron chi connectivity index (χ1n) is 6.03. The fraction of sp³-hybridized carbons (Fsp3) is 0.385. The predicted octanol–water partition coefficient (Wildman–Crippen LogP) is 1.93. The molecule has 0 amide bonds. The van der Waals surface area contributed by atoms with E-state index < -0.39 is 0 Å². The van der Waals surface area contributed by atoms with Gasteiger partial charge in [0.25, 0.3) is 5.56 Å². The Labute approximate surface area is 99.1 Å². The quantitative estimate of drug-likeness (QED) is 0.812. The van der Waals surface area contributed by atoms with E-state index in [9.17, 15) is 4.79 Å². The second-order valence-electron chi connectivity index (χ2n) is 4.69. The summed E-state index contributed by atoms with van der Waals surface area (Å²) < 4.78 is 1.51. The van der Waals surface area contributed by atoms with Crippen molar-refractivity contribution in [1.82, 2.24) is 9.38 Å². The number of nitrogen functional groups attached to an aromatic ring is 1. The van der Waals surface area contributed by atoms with Crippen LogP contribution in [0.25, 0.3) is 5.65 Å². The molecule has 1 fully saturated rings. The van der Waals surface area contributed by atoms with E-state index in [1.165, 1.54) is 17.2 Å². The van der Waals surface area contributed by atoms with Gasteiger partial charge in [-0.05, 0) is 25.0 Å². The lowest BCUT2D eigenvalue weighted by Gasteiger charge is -2.09. The van der Waals surface area contributed by atoms with Gasteiger partial charge in [-0.25, -0.2) is 4.98 Å². The fourth-order valence-corrected chi connectivity index (χ4v) is 2.57. The van der Waals surface area contributed by atoms with Crippen molar-refractivity contribution in [1.29, 1.82) is 0 Å². The Bertz CT molecular complexity index is 612. The van der Waals surface area contributed by atoms with Gasteiger partial charge in [-0.2, -0.15) is 0 Å². The van der Waals surface area contributed by atoms with Crippen molar-refractivity contribution in [3.63, 3.8) is 0 Å². The summed E-state index contributed by atoms with van der Waals surface area (Å²) in [5.41, 5.74) is 7.84. The molecule has 0 aromatic carbocycles. The monoisotopic (exact) mass is 229 g/mol. The molecule has 0 saturated heterocycles. The minimum atomic E-state index is -0.0378. The van der Waals surface area contributed by atoms with Crippen LogP contribution in [0.4, 0.5) is 5.69 Å². The fourth-order valence-electron chi connectivity index (χ4n) is 2.57. The third kappa shape index (κ3) is 1.79. The molecule has 2 aromatic rings. The maximum Gasteiger partial charge on any atom is 0.258 e. The van der Waals surface area contributed by atoms with Gasteiger partial charge in [0.2, 0.25) is 0 Å². The Morgan fingerprint density at radius 3 is 2.82 bits per heavy atom. The van der Waals surface area contributed by atoms with Crippen LogP contribution in [0.5, 0.6) is 0 Å². The molecule has 17 heavy (non-hydrogen) atoms. The lowest BCUT2D eigenvalue weighted by molar-refractivity contribution is 0.694. The van der Waals surface area contributed by atoms with Gasteiger partial charge in [0.05, 0.1) is 5.69 Å². The van der Waals surface area contributed by atoms with Gasteiger partial charge in [0.15, 0.2) is 0 Å². The van der Waals surface area contributed by atoms with Gasteiger partial charge in [-0.15, -0.1) is 0 Å². The predicted molar refractivity (Wildman–Crippen MR) is 67.1 cm³/mol. The molecule has 0 radical (unpaired) electrons. The van der Waals surface area contributed by atoms with Gasteiger partial charge in [0, 0.05) is 23.9 Å². The smallest absolute Gasteiger partial charge is 0.258 e. The summed E-state index contributed by atoms with van der Waals surface area (Å²) in [6.07, 6.45) is 6.42. The minimum absolute atomic E-state index is 0.0378. The van der Waals surface area contributed by atoms with Crippen LogP contribution >= 0.6 is 0 Å². The average molecular weight is 229 g/mol. The molecule has 0 unspecified atom stereocenters. The molecule has 4 nitrogen and oxygen atoms in total. The third-order valence-corrected chi connectivity index (χ3v) is 3.48. The molecule has 1 aliphatic rings. The first-order chi connectivity index (χ1) is 8.24. The molecule has 1 saturated carbocycles. The summed E-state index contributed by atoms with van der Waals surface area (Å²) in [4.78, 5) is 16.5. The Kier molecular flexibility index (Phi) is 2.35. The molecule has 2 heterocycles. The van der Waals surface area contributed by atoms with Crippen molar-refractivity contribution in [2.24, 2.45) is 0 Å². The zero-order valence-electron chi connectivity index (χ0n) is 9.60. The van der Waals surface area contributed by atoms with Crippen molar-refractivity contribution in [2.45, 2.75) is 31.6 Å². The van der Waals surface area contributed by atoms with Crippen molar-refractivity contribution in [2.75, 3.05) is 5.73 Å². The van der Waals surface area contributed by atoms with Crippen LogP contribution < -0.4 is 11.3 Å². The zero-order chi connectivity index (χ0) is 11.8. The maximum atomic E-state index is 12.0. The van der Waals surface area contributed by atoms with E-state index in [1.54, 1.807) is 24.4 Å². The standard InChI is InChI=1S/C13H15N3O/c14-10-5-6-12-15-11(9-3-1-2-4-9)7-13(17)16(12)8-10/h5-9H,1-4,14H2. The minimum Gasteiger partial charge on any atom is -0.398 e. The van der Waals surface area contributed by atoms with Gasteiger partial charge in [0.1, 0.15) is 5.65 Å². The van der Waals surface area contributed by atoms with Crippen molar-refractivity contribution < 1.29 is 0 Å². The lowest BCUT2D eigenvalue weighted by Crippen LogP contribution is -2.16. The van der Waals surface area contributed by atoms with E-state index in [0.29, 0.717) is 17.3 Å². The first-order valence-corrected chi connectivity index (χ1v) is 6.03. The van der Waals surface area contributed by atoms with Crippen LogP contribution in [0.1, 0.15) is 37.3 Å². The second kappa shape index (κ2) is 3.87. The van der Waals surface area contributed by atoms with E-state index in [2.05, 4.69) is 4.98 Å². The summed E-state index contributed by atoms with van der Waals surface area (Å²) in [6, 6.07) is 5.23. The molecule has 0 bridgehead atoms. The van der Waals surface area contributed by atoms with Gasteiger partial charge in [-0.1, -0.05) is 12.8 Å². The topological polar surface area (TPSA) is 60.4 Å². The summed E-state index contributed by atoms with van der Waals surface area (Å²) in [7, 11) is 0. The molecule has 2 aromatic heterocycles. The molecule has 3 rings (SSSR count). The number of hydrogen-bond donors (Lipinski definition) is 1. The molecule has 1 aliphatic carbocycles. The van der Waals surface area contributed by atoms with E-state index >= 15 is 0 Å². The number of pyridine rings is 1. The highest BCUT2D eigenvalue weighted by Gasteiger charge is 2.19. The Balaban J connectivity index is 2.17. The SMILES string of the molecule is Nc1ccc2nc(C3CCCC3)cc(=O)n2c1. The second-order valence-corrected chi connectivity index (χ2v) is 4.69. The maximum absolute atomic E-state index is 12.0. The number of rotatable bonds is 1. The van der Waals surface area contributed by atoms with Crippen molar-refractivity contribution >= 4 is 11.3 Å². The number of nitrogens with two attached hydrogens (primary N) is 1. The Morgan fingerprint density at radius 2 is 2.06 bits per heavy atom. The van der Waals surface area contributed by atoms with Gasteiger partial charge < -0.3 is 5.73 Å². The van der Waals surface area contributed by atoms with E-state index in [1.807, 2.05) is 0 Å². The molecule has 0 spiro atoms. The first kappa shape index (κ1) is 10.3. The van der Waals surface area contributed by atoms with E-state index in [4.69, 9.17) is 5.73 Å². The third-order valence-electron chi connectivity index (χ3n) is 3.48. The highest BCUT2D eigenvalue weighted by atomic mass is 16.1. The van der Waals surface area contributed by atoms with Gasteiger partial charge in [-0.3, -0.25) is 9.20 Å². The zero-order valence-corrected chi connectivity index (χ0v) is 9.60. The molecular formula is C13H15N3O. The molecule has 2 N–H and O–H groups in total. The van der Waals surface area contributed by atoms with Crippen LogP contribution in [0.15, 0.2) is 29.2 Å². The molecule has 4 heteroatoms. The summed E-state index contributed by atoms with van der Waals surface area (Å²) in [5.74, 6) is 0.463. The number of aromatic nitrogens is 2.